The summed E-state index contributed by atoms with van der Waals surface area (Å²) in [7, 11) is 0. The molecule has 0 aromatic carbocycles. The maximum absolute atomic E-state index is 5.95. The van der Waals surface area contributed by atoms with Gasteiger partial charge in [0.15, 0.2) is 0 Å². The second kappa shape index (κ2) is 7.11. The minimum Gasteiger partial charge on any atom is -0.464 e. The van der Waals surface area contributed by atoms with Crippen LogP contribution in [-0.4, -0.2) is 41.0 Å². The third-order valence-electron chi connectivity index (χ3n) is 4.36. The van der Waals surface area contributed by atoms with Crippen molar-refractivity contribution >= 4 is 0 Å². The molecule has 0 radical (unpaired) electrons. The van der Waals surface area contributed by atoms with Crippen LogP contribution in [0.1, 0.15) is 37.1 Å². The van der Waals surface area contributed by atoms with E-state index in [0.717, 1.165) is 50.6 Å². The Kier molecular flexibility index (Phi) is 4.95. The predicted molar refractivity (Wildman–Crippen MR) is 84.8 cm³/mol. The Hall–Kier alpha value is -1.59. The van der Waals surface area contributed by atoms with E-state index in [-0.39, 0.29) is 6.04 Å². The number of furan rings is 1. The lowest BCUT2D eigenvalue weighted by molar-refractivity contribution is -0.0159. The molecule has 1 fully saturated rings. The number of nitrogens with zero attached hydrogens (tertiary/aromatic N) is 3. The smallest absolute Gasteiger partial charge is 0.123 e. The van der Waals surface area contributed by atoms with Crippen molar-refractivity contribution in [3.8, 4) is 0 Å². The van der Waals surface area contributed by atoms with Crippen molar-refractivity contribution in [2.24, 2.45) is 0 Å². The van der Waals surface area contributed by atoms with E-state index in [4.69, 9.17) is 9.15 Å². The Bertz CT molecular complexity index is 590. The quantitative estimate of drug-likeness (QED) is 0.823. The molecule has 3 heterocycles. The van der Waals surface area contributed by atoms with Gasteiger partial charge < -0.3 is 9.15 Å². The minimum absolute atomic E-state index is 0.229. The average Bonchev–Trinajstić information content (AvgIpc) is 3.21. The van der Waals surface area contributed by atoms with Crippen LogP contribution < -0.4 is 0 Å². The van der Waals surface area contributed by atoms with Gasteiger partial charge in [-0.3, -0.25) is 9.58 Å². The Morgan fingerprint density at radius 3 is 2.95 bits per heavy atom. The summed E-state index contributed by atoms with van der Waals surface area (Å²) in [5, 5.41) is 4.34. The van der Waals surface area contributed by atoms with Gasteiger partial charge in [0.1, 0.15) is 11.5 Å². The summed E-state index contributed by atoms with van der Waals surface area (Å²) in [5.41, 5.74) is 1.29. The summed E-state index contributed by atoms with van der Waals surface area (Å²) in [5.74, 6) is 2.07. The lowest BCUT2D eigenvalue weighted by Gasteiger charge is -2.34. The molecular formula is C17H25N3O2. The Morgan fingerprint density at radius 2 is 2.18 bits per heavy atom. The Labute approximate surface area is 131 Å². The maximum atomic E-state index is 5.95. The van der Waals surface area contributed by atoms with Crippen molar-refractivity contribution in [3.05, 3.63) is 41.6 Å². The molecule has 22 heavy (non-hydrogen) atoms. The van der Waals surface area contributed by atoms with Gasteiger partial charge >= 0.3 is 0 Å². The van der Waals surface area contributed by atoms with Gasteiger partial charge in [-0.05, 0) is 25.1 Å². The highest BCUT2D eigenvalue weighted by molar-refractivity contribution is 5.12. The summed E-state index contributed by atoms with van der Waals surface area (Å²) >= 11 is 0. The van der Waals surface area contributed by atoms with Gasteiger partial charge in [0.2, 0.25) is 0 Å². The fourth-order valence-corrected chi connectivity index (χ4v) is 3.05. The molecule has 1 atom stereocenters. The van der Waals surface area contributed by atoms with Gasteiger partial charge in [-0.2, -0.15) is 5.10 Å². The van der Waals surface area contributed by atoms with Crippen LogP contribution in [0.25, 0.3) is 0 Å². The topological polar surface area (TPSA) is 43.4 Å². The number of ether oxygens (including phenoxy) is 1. The molecule has 120 valence electrons. The zero-order valence-electron chi connectivity index (χ0n) is 13.5. The first kappa shape index (κ1) is 15.3. The summed E-state index contributed by atoms with van der Waals surface area (Å²) in [4.78, 5) is 2.47. The van der Waals surface area contributed by atoms with Crippen molar-refractivity contribution in [2.45, 2.75) is 39.3 Å². The van der Waals surface area contributed by atoms with Crippen molar-refractivity contribution < 1.29 is 9.15 Å². The number of aryl methyl sites for hydroxylation is 2. The van der Waals surface area contributed by atoms with Gasteiger partial charge in [-0.1, -0.05) is 6.92 Å². The molecule has 1 aliphatic heterocycles. The van der Waals surface area contributed by atoms with Crippen molar-refractivity contribution in [1.82, 2.24) is 14.7 Å². The Balaban J connectivity index is 1.67. The zero-order chi connectivity index (χ0) is 15.4. The van der Waals surface area contributed by atoms with Crippen molar-refractivity contribution in [3.63, 3.8) is 0 Å². The van der Waals surface area contributed by atoms with Crippen LogP contribution >= 0.6 is 0 Å². The number of rotatable bonds is 6. The van der Waals surface area contributed by atoms with Gasteiger partial charge in [-0.25, -0.2) is 0 Å². The second-order valence-electron chi connectivity index (χ2n) is 5.67. The van der Waals surface area contributed by atoms with Crippen LogP contribution in [0.5, 0.6) is 0 Å². The standard InChI is InChI=1S/C17H25N3O2/c1-3-15-5-6-17(22-15)16-13-21-12-11-19(16)10-8-14-7-9-18-20(14)4-2/h5-7,9,16H,3-4,8,10-13H2,1-2H3/t16-/m1/s1. The molecule has 0 saturated carbocycles. The molecule has 0 N–H and O–H groups in total. The highest BCUT2D eigenvalue weighted by atomic mass is 16.5. The first-order valence-electron chi connectivity index (χ1n) is 8.23. The molecule has 1 aliphatic rings. The summed E-state index contributed by atoms with van der Waals surface area (Å²) in [6.45, 7) is 8.63. The SMILES string of the molecule is CCc1ccc([C@H]2COCCN2CCc2ccnn2CC)o1. The van der Waals surface area contributed by atoms with Gasteiger partial charge in [-0.15, -0.1) is 0 Å². The largest absolute Gasteiger partial charge is 0.464 e. The molecule has 0 amide bonds. The number of aromatic nitrogens is 2. The van der Waals surface area contributed by atoms with Crippen LogP contribution in [0.3, 0.4) is 0 Å². The molecule has 2 aromatic heterocycles. The van der Waals surface area contributed by atoms with E-state index in [1.165, 1.54) is 5.69 Å². The van der Waals surface area contributed by atoms with E-state index in [1.807, 2.05) is 6.20 Å². The molecule has 1 saturated heterocycles. The molecular weight excluding hydrogens is 278 g/mol. The highest BCUT2D eigenvalue weighted by Gasteiger charge is 2.27. The average molecular weight is 303 g/mol. The third kappa shape index (κ3) is 3.25. The van der Waals surface area contributed by atoms with E-state index in [1.54, 1.807) is 0 Å². The zero-order valence-corrected chi connectivity index (χ0v) is 13.5. The van der Waals surface area contributed by atoms with Gasteiger partial charge in [0.05, 0.1) is 19.3 Å². The van der Waals surface area contributed by atoms with Crippen LogP contribution in [0, 0.1) is 0 Å². The van der Waals surface area contributed by atoms with Crippen LogP contribution in [0.2, 0.25) is 0 Å². The van der Waals surface area contributed by atoms with E-state index in [2.05, 4.69) is 46.7 Å². The lowest BCUT2D eigenvalue weighted by atomic mass is 10.1. The van der Waals surface area contributed by atoms with E-state index in [0.29, 0.717) is 6.61 Å². The van der Waals surface area contributed by atoms with E-state index < -0.39 is 0 Å². The molecule has 0 aliphatic carbocycles. The number of hydrogen-bond donors (Lipinski definition) is 0. The lowest BCUT2D eigenvalue weighted by Crippen LogP contribution is -2.40. The fraction of sp³-hybridized carbons (Fsp3) is 0.588. The molecule has 0 spiro atoms. The van der Waals surface area contributed by atoms with Gasteiger partial charge in [0, 0.05) is 44.4 Å². The molecule has 0 bridgehead atoms. The van der Waals surface area contributed by atoms with Crippen LogP contribution in [0.15, 0.2) is 28.8 Å². The fourth-order valence-electron chi connectivity index (χ4n) is 3.05. The summed E-state index contributed by atoms with van der Waals surface area (Å²) in [6.07, 6.45) is 3.82. The van der Waals surface area contributed by atoms with E-state index in [9.17, 15) is 0 Å². The molecule has 2 aromatic rings. The molecule has 0 unspecified atom stereocenters. The van der Waals surface area contributed by atoms with Gasteiger partial charge in [0.25, 0.3) is 0 Å². The predicted octanol–water partition coefficient (Wildman–Crippen LogP) is 2.67. The normalized spacial score (nSPS) is 19.6. The number of hydrogen-bond acceptors (Lipinski definition) is 4. The monoisotopic (exact) mass is 303 g/mol. The molecule has 5 heteroatoms. The van der Waals surface area contributed by atoms with Crippen molar-refractivity contribution in [2.75, 3.05) is 26.3 Å². The third-order valence-corrected chi connectivity index (χ3v) is 4.36. The van der Waals surface area contributed by atoms with Crippen LogP contribution in [0.4, 0.5) is 0 Å². The second-order valence-corrected chi connectivity index (χ2v) is 5.67. The van der Waals surface area contributed by atoms with Crippen LogP contribution in [-0.2, 0) is 24.1 Å². The first-order valence-corrected chi connectivity index (χ1v) is 8.23. The highest BCUT2D eigenvalue weighted by Crippen LogP contribution is 2.26. The minimum atomic E-state index is 0.229. The molecule has 5 nitrogen and oxygen atoms in total. The summed E-state index contributed by atoms with van der Waals surface area (Å²) < 4.78 is 13.7. The first-order chi connectivity index (χ1) is 10.8. The van der Waals surface area contributed by atoms with E-state index >= 15 is 0 Å². The number of morpholine rings is 1. The Morgan fingerprint density at radius 1 is 1.27 bits per heavy atom. The maximum Gasteiger partial charge on any atom is 0.123 e. The van der Waals surface area contributed by atoms with Crippen molar-refractivity contribution in [1.29, 1.82) is 0 Å². The molecule has 3 rings (SSSR count). The summed E-state index contributed by atoms with van der Waals surface area (Å²) in [6, 6.07) is 6.52.